The Morgan fingerprint density at radius 1 is 1.06 bits per heavy atom. The van der Waals surface area contributed by atoms with Crippen molar-refractivity contribution >= 4 is 17.4 Å². The van der Waals surface area contributed by atoms with Crippen molar-refractivity contribution in [3.05, 3.63) is 58.6 Å². The molecule has 4 heteroatoms. The molecule has 0 saturated carbocycles. The monoisotopic (exact) mass is 245 g/mol. The van der Waals surface area contributed by atoms with Gasteiger partial charge in [0.05, 0.1) is 15.4 Å². The number of nitrogens with zero attached hydrogens (tertiary/aromatic N) is 1. The van der Waals surface area contributed by atoms with Gasteiger partial charge < -0.3 is 0 Å². The molecule has 0 unspecified atom stereocenters. The molecule has 0 aliphatic heterocycles. The lowest BCUT2D eigenvalue weighted by Crippen LogP contribution is -1.94. The van der Waals surface area contributed by atoms with Gasteiger partial charge in [0, 0.05) is 0 Å². The molecule has 0 amide bonds. The van der Waals surface area contributed by atoms with E-state index in [-0.39, 0.29) is 10.6 Å². The Kier molecular flexibility index (Phi) is 3.44. The van der Waals surface area contributed by atoms with Gasteiger partial charge in [0.1, 0.15) is 0 Å². The largest absolute Gasteiger partial charge is 0.290 e. The second kappa shape index (κ2) is 5.01. The van der Waals surface area contributed by atoms with Crippen molar-refractivity contribution in [3.63, 3.8) is 0 Å². The summed E-state index contributed by atoms with van der Waals surface area (Å²) in [5, 5.41) is 11.2. The number of hydrogen-bond acceptors (Lipinski definition) is 3. The van der Waals surface area contributed by atoms with E-state index in [1.165, 1.54) is 11.8 Å². The Morgan fingerprint density at radius 2 is 1.76 bits per heavy atom. The molecule has 0 aliphatic carbocycles. The van der Waals surface area contributed by atoms with Crippen LogP contribution in [0.2, 0.25) is 0 Å². The molecule has 86 valence electrons. The fourth-order valence-corrected chi connectivity index (χ4v) is 2.32. The molecule has 2 rings (SSSR count). The highest BCUT2D eigenvalue weighted by atomic mass is 32.2. The second-order valence-electron chi connectivity index (χ2n) is 3.48. The third-order valence-electron chi connectivity index (χ3n) is 2.49. The first-order valence-electron chi connectivity index (χ1n) is 5.11. The summed E-state index contributed by atoms with van der Waals surface area (Å²) in [6, 6.07) is 14.8. The third kappa shape index (κ3) is 2.31. The highest BCUT2D eigenvalue weighted by Gasteiger charge is 2.19. The molecular weight excluding hydrogens is 234 g/mol. The van der Waals surface area contributed by atoms with Gasteiger partial charge in [-0.15, -0.1) is 11.8 Å². The maximum Gasteiger partial charge on any atom is 0.290 e. The zero-order valence-corrected chi connectivity index (χ0v) is 10.1. The van der Waals surface area contributed by atoms with Crippen LogP contribution in [0.3, 0.4) is 0 Å². The Morgan fingerprint density at radius 3 is 2.35 bits per heavy atom. The molecule has 2 aromatic rings. The van der Waals surface area contributed by atoms with Crippen molar-refractivity contribution in [1.29, 1.82) is 0 Å². The summed E-state index contributed by atoms with van der Waals surface area (Å²) in [6.07, 6.45) is 1.84. The predicted octanol–water partition coefficient (Wildman–Crippen LogP) is 3.98. The first-order valence-corrected chi connectivity index (χ1v) is 6.33. The molecule has 0 fully saturated rings. The average molecular weight is 245 g/mol. The Hall–Kier alpha value is -1.81. The van der Waals surface area contributed by atoms with Gasteiger partial charge in [-0.1, -0.05) is 36.4 Å². The van der Waals surface area contributed by atoms with E-state index in [4.69, 9.17) is 0 Å². The first kappa shape index (κ1) is 11.7. The maximum absolute atomic E-state index is 11.2. The van der Waals surface area contributed by atoms with E-state index in [0.717, 1.165) is 5.56 Å². The van der Waals surface area contributed by atoms with Crippen LogP contribution in [-0.2, 0) is 0 Å². The van der Waals surface area contributed by atoms with Crippen molar-refractivity contribution in [2.24, 2.45) is 0 Å². The standard InChI is InChI=1S/C13H11NO2S/c1-17-12-9-5-8-11(13(12)14(15)16)10-6-3-2-4-7-10/h2-9H,1H3. The summed E-state index contributed by atoms with van der Waals surface area (Å²) in [7, 11) is 0. The van der Waals surface area contributed by atoms with Gasteiger partial charge in [-0.3, -0.25) is 10.1 Å². The molecule has 17 heavy (non-hydrogen) atoms. The number of rotatable bonds is 3. The zero-order valence-electron chi connectivity index (χ0n) is 9.29. The van der Waals surface area contributed by atoms with Gasteiger partial charge in [0.2, 0.25) is 0 Å². The molecule has 0 saturated heterocycles. The number of benzene rings is 2. The highest BCUT2D eigenvalue weighted by molar-refractivity contribution is 7.98. The van der Waals surface area contributed by atoms with E-state index in [0.29, 0.717) is 10.5 Å². The minimum atomic E-state index is -0.311. The molecule has 0 spiro atoms. The van der Waals surface area contributed by atoms with E-state index < -0.39 is 0 Å². The molecule has 3 nitrogen and oxygen atoms in total. The second-order valence-corrected chi connectivity index (χ2v) is 4.33. The Labute approximate surface area is 104 Å². The molecule has 0 N–H and O–H groups in total. The van der Waals surface area contributed by atoms with Gasteiger partial charge in [0.15, 0.2) is 0 Å². The smallest absolute Gasteiger partial charge is 0.258 e. The van der Waals surface area contributed by atoms with Crippen LogP contribution in [0.5, 0.6) is 0 Å². The molecular formula is C13H11NO2S. The van der Waals surface area contributed by atoms with Crippen molar-refractivity contribution in [3.8, 4) is 11.1 Å². The minimum Gasteiger partial charge on any atom is -0.258 e. The summed E-state index contributed by atoms with van der Waals surface area (Å²) in [6.45, 7) is 0. The van der Waals surface area contributed by atoms with Crippen LogP contribution in [0.25, 0.3) is 11.1 Å². The van der Waals surface area contributed by atoms with Gasteiger partial charge in [-0.25, -0.2) is 0 Å². The number of nitro groups is 1. The van der Waals surface area contributed by atoms with E-state index in [9.17, 15) is 10.1 Å². The Bertz CT molecular complexity index is 540. The molecule has 2 aromatic carbocycles. The molecule has 0 aromatic heterocycles. The summed E-state index contributed by atoms with van der Waals surface area (Å²) in [4.78, 5) is 11.5. The van der Waals surface area contributed by atoms with Crippen molar-refractivity contribution in [2.75, 3.05) is 6.26 Å². The summed E-state index contributed by atoms with van der Waals surface area (Å²) in [5.41, 5.74) is 1.73. The van der Waals surface area contributed by atoms with Gasteiger partial charge in [-0.2, -0.15) is 0 Å². The van der Waals surface area contributed by atoms with Crippen LogP contribution in [-0.4, -0.2) is 11.2 Å². The van der Waals surface area contributed by atoms with E-state index in [2.05, 4.69) is 0 Å². The quantitative estimate of drug-likeness (QED) is 0.466. The average Bonchev–Trinajstić information content (AvgIpc) is 2.38. The maximum atomic E-state index is 11.2. The first-order chi connectivity index (χ1) is 8.24. The van der Waals surface area contributed by atoms with Crippen LogP contribution >= 0.6 is 11.8 Å². The minimum absolute atomic E-state index is 0.186. The number of nitro benzene ring substituents is 1. The third-order valence-corrected chi connectivity index (χ3v) is 3.26. The normalized spacial score (nSPS) is 10.2. The number of hydrogen-bond donors (Lipinski definition) is 0. The van der Waals surface area contributed by atoms with E-state index in [1.54, 1.807) is 12.1 Å². The predicted molar refractivity (Wildman–Crippen MR) is 70.3 cm³/mol. The number of para-hydroxylation sites is 1. The lowest BCUT2D eigenvalue weighted by molar-refractivity contribution is -0.387. The van der Waals surface area contributed by atoms with Crippen molar-refractivity contribution in [1.82, 2.24) is 0 Å². The summed E-state index contributed by atoms with van der Waals surface area (Å²) in [5.74, 6) is 0. The van der Waals surface area contributed by atoms with Crippen LogP contribution in [0.1, 0.15) is 0 Å². The van der Waals surface area contributed by atoms with Crippen LogP contribution < -0.4 is 0 Å². The summed E-state index contributed by atoms with van der Waals surface area (Å²) >= 11 is 1.39. The fraction of sp³-hybridized carbons (Fsp3) is 0.0769. The van der Waals surface area contributed by atoms with Crippen molar-refractivity contribution < 1.29 is 4.92 Å². The fourth-order valence-electron chi connectivity index (χ4n) is 1.73. The van der Waals surface area contributed by atoms with Gasteiger partial charge in [-0.05, 0) is 24.0 Å². The molecule has 0 radical (unpaired) electrons. The van der Waals surface area contributed by atoms with Crippen LogP contribution in [0, 0.1) is 10.1 Å². The highest BCUT2D eigenvalue weighted by Crippen LogP contribution is 2.36. The van der Waals surface area contributed by atoms with Gasteiger partial charge >= 0.3 is 0 Å². The number of thioether (sulfide) groups is 1. The van der Waals surface area contributed by atoms with Crippen LogP contribution in [0.15, 0.2) is 53.4 Å². The Balaban J connectivity index is 2.66. The summed E-state index contributed by atoms with van der Waals surface area (Å²) < 4.78 is 0. The topological polar surface area (TPSA) is 43.1 Å². The van der Waals surface area contributed by atoms with E-state index in [1.807, 2.05) is 42.7 Å². The van der Waals surface area contributed by atoms with Gasteiger partial charge in [0.25, 0.3) is 5.69 Å². The lowest BCUT2D eigenvalue weighted by atomic mass is 10.0. The SMILES string of the molecule is CSc1cccc(-c2ccccc2)c1[N+](=O)[O-]. The molecule has 0 heterocycles. The lowest BCUT2D eigenvalue weighted by Gasteiger charge is -2.06. The van der Waals surface area contributed by atoms with E-state index >= 15 is 0 Å². The molecule has 0 bridgehead atoms. The molecule has 0 atom stereocenters. The zero-order chi connectivity index (χ0) is 12.3. The van der Waals surface area contributed by atoms with Crippen LogP contribution in [0.4, 0.5) is 5.69 Å². The molecule has 0 aliphatic rings. The van der Waals surface area contributed by atoms with Crippen molar-refractivity contribution in [2.45, 2.75) is 4.90 Å².